The molecule has 7 nitrogen and oxygen atoms in total. The summed E-state index contributed by atoms with van der Waals surface area (Å²) in [6.45, 7) is 7.47. The first kappa shape index (κ1) is 24.4. The second-order valence-electron chi connectivity index (χ2n) is 5.16. The topological polar surface area (TPSA) is 80.3 Å². The molecule has 148 valence electrons. The predicted molar refractivity (Wildman–Crippen MR) is 99.5 cm³/mol. The summed E-state index contributed by atoms with van der Waals surface area (Å²) in [5.41, 5.74) is 0. The Morgan fingerprint density at radius 1 is 0.960 bits per heavy atom. The van der Waals surface area contributed by atoms with Crippen molar-refractivity contribution < 1.29 is 32.3 Å². The number of thioether (sulfide) groups is 1. The minimum absolute atomic E-state index is 0.0334. The number of rotatable bonds is 15. The second kappa shape index (κ2) is 14.5. The van der Waals surface area contributed by atoms with Gasteiger partial charge in [-0.3, -0.25) is 9.59 Å². The first-order valence-corrected chi connectivity index (χ1v) is 11.7. The van der Waals surface area contributed by atoms with Gasteiger partial charge in [-0.15, -0.1) is 0 Å². The fraction of sp³-hybridized carbons (Fsp3) is 0.875. The van der Waals surface area contributed by atoms with Crippen LogP contribution in [0.2, 0.25) is 6.04 Å². The lowest BCUT2D eigenvalue weighted by Gasteiger charge is -2.28. The molecule has 0 aliphatic carbocycles. The number of carbonyl (C=O) groups is 2. The van der Waals surface area contributed by atoms with E-state index in [4.69, 9.17) is 18.0 Å². The Labute approximate surface area is 156 Å². The van der Waals surface area contributed by atoms with E-state index in [1.807, 2.05) is 20.8 Å². The fourth-order valence-corrected chi connectivity index (χ4v) is 6.20. The van der Waals surface area contributed by atoms with Gasteiger partial charge in [0.15, 0.2) is 0 Å². The molecule has 25 heavy (non-hydrogen) atoms. The lowest BCUT2D eigenvalue weighted by molar-refractivity contribution is -0.151. The molecule has 9 heteroatoms. The van der Waals surface area contributed by atoms with Gasteiger partial charge in [0.2, 0.25) is 0 Å². The van der Waals surface area contributed by atoms with Crippen molar-refractivity contribution in [3.63, 3.8) is 0 Å². The van der Waals surface area contributed by atoms with Gasteiger partial charge >= 0.3 is 20.7 Å². The van der Waals surface area contributed by atoms with Gasteiger partial charge < -0.3 is 22.8 Å². The third-order valence-electron chi connectivity index (χ3n) is 3.36. The minimum Gasteiger partial charge on any atom is -0.469 e. The van der Waals surface area contributed by atoms with Crippen LogP contribution in [0.1, 0.15) is 33.6 Å². The first-order valence-electron chi connectivity index (χ1n) is 8.62. The van der Waals surface area contributed by atoms with E-state index >= 15 is 0 Å². The quantitative estimate of drug-likeness (QED) is 0.237. The van der Waals surface area contributed by atoms with Crippen molar-refractivity contribution >= 4 is 32.5 Å². The van der Waals surface area contributed by atoms with Crippen LogP contribution in [0.5, 0.6) is 0 Å². The molecule has 0 radical (unpaired) electrons. The zero-order valence-corrected chi connectivity index (χ0v) is 17.8. The van der Waals surface area contributed by atoms with Crippen LogP contribution >= 0.6 is 11.8 Å². The molecule has 0 aliphatic heterocycles. The molecule has 0 saturated carbocycles. The highest BCUT2D eigenvalue weighted by atomic mass is 32.2. The Hall–Kier alpha value is -0.613. The van der Waals surface area contributed by atoms with Crippen LogP contribution in [0, 0.1) is 5.92 Å². The maximum absolute atomic E-state index is 11.7. The molecule has 0 heterocycles. The van der Waals surface area contributed by atoms with Crippen LogP contribution in [0.4, 0.5) is 0 Å². The van der Waals surface area contributed by atoms with Crippen molar-refractivity contribution in [3.05, 3.63) is 0 Å². The van der Waals surface area contributed by atoms with E-state index in [-0.39, 0.29) is 12.4 Å². The summed E-state index contributed by atoms with van der Waals surface area (Å²) < 4.78 is 26.8. The zero-order chi connectivity index (χ0) is 19.1. The van der Waals surface area contributed by atoms with Crippen molar-refractivity contribution in [1.82, 2.24) is 0 Å². The van der Waals surface area contributed by atoms with Crippen LogP contribution < -0.4 is 0 Å². The highest BCUT2D eigenvalue weighted by Gasteiger charge is 2.39. The second-order valence-corrected chi connectivity index (χ2v) is 9.04. The molecule has 0 aromatic heterocycles. The Morgan fingerprint density at radius 2 is 1.52 bits per heavy atom. The van der Waals surface area contributed by atoms with E-state index in [0.29, 0.717) is 25.6 Å². The molecular formula is C16H32O7SSi. The molecule has 0 aromatic carbocycles. The van der Waals surface area contributed by atoms with E-state index in [2.05, 4.69) is 4.74 Å². The Morgan fingerprint density at radius 3 is 1.96 bits per heavy atom. The van der Waals surface area contributed by atoms with E-state index in [9.17, 15) is 9.59 Å². The van der Waals surface area contributed by atoms with E-state index in [1.54, 1.807) is 11.8 Å². The number of ether oxygens (including phenoxy) is 2. The number of esters is 2. The molecule has 0 saturated heterocycles. The van der Waals surface area contributed by atoms with E-state index < -0.39 is 20.7 Å². The lowest BCUT2D eigenvalue weighted by Crippen LogP contribution is -2.46. The fourth-order valence-electron chi connectivity index (χ4n) is 2.28. The molecule has 0 aliphatic rings. The Kier molecular flexibility index (Phi) is 14.2. The van der Waals surface area contributed by atoms with E-state index in [1.165, 1.54) is 14.2 Å². The summed E-state index contributed by atoms with van der Waals surface area (Å²) in [4.78, 5) is 23.1. The third kappa shape index (κ3) is 10.2. The summed E-state index contributed by atoms with van der Waals surface area (Å²) in [5, 5.41) is 0. The minimum atomic E-state index is -2.61. The van der Waals surface area contributed by atoms with Crippen LogP contribution in [0.15, 0.2) is 0 Å². The molecule has 0 spiro atoms. The number of hydrogen-bond donors (Lipinski definition) is 0. The Bertz CT molecular complexity index is 364. The molecule has 0 bridgehead atoms. The number of carbonyl (C=O) groups excluding carboxylic acids is 2. The van der Waals surface area contributed by atoms with Gasteiger partial charge in [-0.1, -0.05) is 0 Å². The number of hydrogen-bond acceptors (Lipinski definition) is 8. The van der Waals surface area contributed by atoms with Crippen molar-refractivity contribution in [1.29, 1.82) is 0 Å². The summed E-state index contributed by atoms with van der Waals surface area (Å²) in [6.07, 6.45) is 0.884. The molecular weight excluding hydrogens is 364 g/mol. The van der Waals surface area contributed by atoms with Crippen LogP contribution in [0.25, 0.3) is 0 Å². The van der Waals surface area contributed by atoms with Gasteiger partial charge in [-0.05, 0) is 32.9 Å². The van der Waals surface area contributed by atoms with Crippen LogP contribution in [-0.4, -0.2) is 66.3 Å². The van der Waals surface area contributed by atoms with Crippen LogP contribution in [-0.2, 0) is 32.3 Å². The predicted octanol–water partition coefficient (Wildman–Crippen LogP) is 2.51. The molecule has 0 amide bonds. The highest BCUT2D eigenvalue weighted by molar-refractivity contribution is 7.99. The third-order valence-corrected chi connectivity index (χ3v) is 7.73. The maximum atomic E-state index is 11.7. The molecule has 0 aromatic rings. The largest absolute Gasteiger partial charge is 0.500 e. The summed E-state index contributed by atoms with van der Waals surface area (Å²) >= 11 is 1.60. The first-order chi connectivity index (χ1) is 12.0. The normalized spacial score (nSPS) is 12.7. The molecule has 0 rings (SSSR count). The standard InChI is InChI=1S/C16H32O7SSi/c1-6-21-25(22-7-2,23-8-3)11-9-10-24-13-14(16(18)20-5)12-15(17)19-4/h14H,6-13H2,1-5H3. The molecule has 1 atom stereocenters. The van der Waals surface area contributed by atoms with Gasteiger partial charge in [-0.2, -0.15) is 11.8 Å². The van der Waals surface area contributed by atoms with E-state index in [0.717, 1.165) is 18.2 Å². The van der Waals surface area contributed by atoms with Gasteiger partial charge in [-0.25, -0.2) is 0 Å². The summed E-state index contributed by atoms with van der Waals surface area (Å²) in [6, 6.07) is 0.732. The van der Waals surface area contributed by atoms with Gasteiger partial charge in [0.1, 0.15) is 0 Å². The van der Waals surface area contributed by atoms with Crippen molar-refractivity contribution in [2.24, 2.45) is 5.92 Å². The zero-order valence-electron chi connectivity index (χ0n) is 16.0. The molecule has 0 N–H and O–H groups in total. The summed E-state index contributed by atoms with van der Waals surface area (Å²) in [5.74, 6) is 0.0337. The van der Waals surface area contributed by atoms with Crippen molar-refractivity contribution in [3.8, 4) is 0 Å². The highest BCUT2D eigenvalue weighted by Crippen LogP contribution is 2.22. The molecule has 1 unspecified atom stereocenters. The number of methoxy groups -OCH3 is 2. The smallest absolute Gasteiger partial charge is 0.469 e. The van der Waals surface area contributed by atoms with Gasteiger partial charge in [0.05, 0.1) is 26.6 Å². The monoisotopic (exact) mass is 396 g/mol. The molecule has 0 fully saturated rings. The van der Waals surface area contributed by atoms with Crippen LogP contribution in [0.3, 0.4) is 0 Å². The average molecular weight is 397 g/mol. The Balaban J connectivity index is 4.40. The van der Waals surface area contributed by atoms with Gasteiger partial charge in [0, 0.05) is 31.6 Å². The summed E-state index contributed by atoms with van der Waals surface area (Å²) in [7, 11) is 0.0192. The lowest BCUT2D eigenvalue weighted by atomic mass is 10.1. The van der Waals surface area contributed by atoms with Gasteiger partial charge in [0.25, 0.3) is 0 Å². The SMILES string of the molecule is CCO[Si](CCCSCC(CC(=O)OC)C(=O)OC)(OCC)OCC. The average Bonchev–Trinajstić information content (AvgIpc) is 2.60. The van der Waals surface area contributed by atoms with Crippen molar-refractivity contribution in [2.75, 3.05) is 45.5 Å². The van der Waals surface area contributed by atoms with Crippen molar-refractivity contribution in [2.45, 2.75) is 39.7 Å². The maximum Gasteiger partial charge on any atom is 0.500 e.